The minimum atomic E-state index is -1.29. The summed E-state index contributed by atoms with van der Waals surface area (Å²) in [5, 5.41) is 0. The number of hydrogen-bond acceptors (Lipinski definition) is 3. The third kappa shape index (κ3) is 6.63. The van der Waals surface area contributed by atoms with E-state index >= 15 is 8.78 Å². The fourth-order valence-electron chi connectivity index (χ4n) is 5.22. The molecule has 7 heteroatoms. The van der Waals surface area contributed by atoms with E-state index in [0.717, 1.165) is 31.7 Å². The van der Waals surface area contributed by atoms with Crippen molar-refractivity contribution in [3.63, 3.8) is 0 Å². The van der Waals surface area contributed by atoms with Crippen molar-refractivity contribution < 1.29 is 31.8 Å². The predicted octanol–water partition coefficient (Wildman–Crippen LogP) is 8.92. The summed E-state index contributed by atoms with van der Waals surface area (Å²) in [5.74, 6) is -6.46. The van der Waals surface area contributed by atoms with E-state index in [-0.39, 0.29) is 23.8 Å². The third-order valence-corrected chi connectivity index (χ3v) is 7.47. The van der Waals surface area contributed by atoms with E-state index in [4.69, 9.17) is 9.47 Å². The van der Waals surface area contributed by atoms with Gasteiger partial charge in [0.05, 0.1) is 12.5 Å². The zero-order valence-electron chi connectivity index (χ0n) is 22.4. The van der Waals surface area contributed by atoms with Crippen LogP contribution in [-0.4, -0.2) is 12.6 Å². The Hall–Kier alpha value is -3.35. The van der Waals surface area contributed by atoms with Gasteiger partial charge < -0.3 is 9.47 Å². The molecule has 39 heavy (non-hydrogen) atoms. The van der Waals surface area contributed by atoms with Crippen molar-refractivity contribution in [3.05, 3.63) is 82.9 Å². The first-order valence-electron chi connectivity index (χ1n) is 13.7. The summed E-state index contributed by atoms with van der Waals surface area (Å²) in [6.07, 6.45) is 6.00. The number of ether oxygens (including phenoxy) is 2. The summed E-state index contributed by atoms with van der Waals surface area (Å²) in [6.45, 7) is 3.96. The highest BCUT2D eigenvalue weighted by atomic mass is 19.2. The molecule has 0 amide bonds. The Labute approximate surface area is 227 Å². The average molecular weight is 543 g/mol. The van der Waals surface area contributed by atoms with Crippen LogP contribution in [-0.2, 0) is 11.2 Å². The zero-order chi connectivity index (χ0) is 27.9. The first kappa shape index (κ1) is 28.7. The van der Waals surface area contributed by atoms with Gasteiger partial charge in [0.25, 0.3) is 0 Å². The summed E-state index contributed by atoms with van der Waals surface area (Å²) in [5.41, 5.74) is 2.31. The predicted molar refractivity (Wildman–Crippen MR) is 143 cm³/mol. The van der Waals surface area contributed by atoms with E-state index in [9.17, 15) is 13.6 Å². The first-order valence-corrected chi connectivity index (χ1v) is 13.7. The standard InChI is InChI=1S/C32H34F4O3/c1-3-5-6-7-20-8-10-21(11-9-20)24-16-17-25(29(34)28(24)33)22-12-14-23(15-13-22)32(37)39-27-19-18-26(38-4-2)30(35)31(27)36/h8-11,16-19,22-23H,3-7,12-15H2,1-2H3. The molecular formula is C32H34F4O3. The van der Waals surface area contributed by atoms with Crippen LogP contribution in [0.25, 0.3) is 11.1 Å². The van der Waals surface area contributed by atoms with Crippen molar-refractivity contribution in [2.24, 2.45) is 5.92 Å². The molecular weight excluding hydrogens is 508 g/mol. The molecule has 0 saturated heterocycles. The fraction of sp³-hybridized carbons (Fsp3) is 0.406. The fourth-order valence-corrected chi connectivity index (χ4v) is 5.22. The first-order chi connectivity index (χ1) is 18.8. The number of rotatable bonds is 10. The number of halogens is 4. The van der Waals surface area contributed by atoms with Gasteiger partial charge in [0.15, 0.2) is 23.1 Å². The van der Waals surface area contributed by atoms with Crippen LogP contribution >= 0.6 is 0 Å². The van der Waals surface area contributed by atoms with Gasteiger partial charge in [0.2, 0.25) is 11.6 Å². The highest BCUT2D eigenvalue weighted by molar-refractivity contribution is 5.75. The Bertz CT molecular complexity index is 1280. The summed E-state index contributed by atoms with van der Waals surface area (Å²) < 4.78 is 68.9. The Morgan fingerprint density at radius 3 is 2.10 bits per heavy atom. The average Bonchev–Trinajstić information content (AvgIpc) is 2.95. The van der Waals surface area contributed by atoms with Gasteiger partial charge in [-0.1, -0.05) is 56.2 Å². The molecule has 4 rings (SSSR count). The number of benzene rings is 3. The largest absolute Gasteiger partial charge is 0.491 e. The normalized spacial score (nSPS) is 17.2. The van der Waals surface area contributed by atoms with Crippen molar-refractivity contribution in [3.8, 4) is 22.6 Å². The van der Waals surface area contributed by atoms with Crippen molar-refractivity contribution in [2.45, 2.75) is 71.1 Å². The van der Waals surface area contributed by atoms with Crippen LogP contribution in [0.15, 0.2) is 48.5 Å². The van der Waals surface area contributed by atoms with Crippen LogP contribution in [0.4, 0.5) is 17.6 Å². The molecule has 0 N–H and O–H groups in total. The second kappa shape index (κ2) is 13.1. The molecule has 0 radical (unpaired) electrons. The Balaban J connectivity index is 1.38. The minimum Gasteiger partial charge on any atom is -0.491 e. The number of aryl methyl sites for hydroxylation is 1. The summed E-state index contributed by atoms with van der Waals surface area (Å²) in [6, 6.07) is 13.2. The molecule has 1 aliphatic carbocycles. The van der Waals surface area contributed by atoms with Gasteiger partial charge in [0.1, 0.15) is 0 Å². The van der Waals surface area contributed by atoms with Crippen molar-refractivity contribution in [1.82, 2.24) is 0 Å². The van der Waals surface area contributed by atoms with Crippen LogP contribution in [0.3, 0.4) is 0 Å². The Kier molecular flexibility index (Phi) is 9.65. The smallest absolute Gasteiger partial charge is 0.314 e. The van der Waals surface area contributed by atoms with Crippen LogP contribution < -0.4 is 9.47 Å². The second-order valence-corrected chi connectivity index (χ2v) is 10.1. The van der Waals surface area contributed by atoms with Gasteiger partial charge in [-0.25, -0.2) is 8.78 Å². The number of esters is 1. The van der Waals surface area contributed by atoms with Crippen LogP contribution in [0.1, 0.15) is 75.8 Å². The molecule has 0 heterocycles. The maximum absolute atomic E-state index is 15.2. The van der Waals surface area contributed by atoms with E-state index in [1.807, 2.05) is 24.3 Å². The van der Waals surface area contributed by atoms with E-state index < -0.39 is 40.9 Å². The lowest BCUT2D eigenvalue weighted by atomic mass is 9.78. The molecule has 1 saturated carbocycles. The number of hydrogen-bond donors (Lipinski definition) is 0. The molecule has 0 bridgehead atoms. The Morgan fingerprint density at radius 2 is 1.44 bits per heavy atom. The molecule has 3 aromatic carbocycles. The van der Waals surface area contributed by atoms with Crippen LogP contribution in [0.5, 0.6) is 11.5 Å². The van der Waals surface area contributed by atoms with E-state index in [1.165, 1.54) is 11.6 Å². The van der Waals surface area contributed by atoms with Gasteiger partial charge in [-0.3, -0.25) is 4.79 Å². The van der Waals surface area contributed by atoms with E-state index in [2.05, 4.69) is 6.92 Å². The van der Waals surface area contributed by atoms with Gasteiger partial charge in [-0.15, -0.1) is 0 Å². The van der Waals surface area contributed by atoms with Crippen LogP contribution in [0, 0.1) is 29.2 Å². The summed E-state index contributed by atoms with van der Waals surface area (Å²) in [7, 11) is 0. The minimum absolute atomic E-state index is 0.165. The van der Waals surface area contributed by atoms with E-state index in [0.29, 0.717) is 36.8 Å². The number of unbranched alkanes of at least 4 members (excludes halogenated alkanes) is 2. The van der Waals surface area contributed by atoms with Gasteiger partial charge in [-0.05, 0) is 80.2 Å². The van der Waals surface area contributed by atoms with Crippen molar-refractivity contribution in [1.29, 1.82) is 0 Å². The molecule has 3 nitrogen and oxygen atoms in total. The molecule has 0 unspecified atom stereocenters. The molecule has 1 aliphatic rings. The number of carbonyl (C=O) groups excluding carboxylic acids is 1. The SMILES string of the molecule is CCCCCc1ccc(-c2ccc(C3CCC(C(=O)Oc4ccc(OCC)c(F)c4F)CC3)c(F)c2F)cc1. The monoisotopic (exact) mass is 542 g/mol. The van der Waals surface area contributed by atoms with Crippen molar-refractivity contribution >= 4 is 5.97 Å². The lowest BCUT2D eigenvalue weighted by Gasteiger charge is -2.28. The molecule has 0 aliphatic heterocycles. The summed E-state index contributed by atoms with van der Waals surface area (Å²) in [4.78, 5) is 12.6. The lowest BCUT2D eigenvalue weighted by Crippen LogP contribution is -2.26. The molecule has 0 atom stereocenters. The van der Waals surface area contributed by atoms with Crippen molar-refractivity contribution in [2.75, 3.05) is 6.61 Å². The lowest BCUT2D eigenvalue weighted by molar-refractivity contribution is -0.140. The third-order valence-electron chi connectivity index (χ3n) is 7.47. The molecule has 1 fully saturated rings. The van der Waals surface area contributed by atoms with Gasteiger partial charge in [0, 0.05) is 5.56 Å². The molecule has 3 aromatic rings. The number of carbonyl (C=O) groups is 1. The van der Waals surface area contributed by atoms with Crippen LogP contribution in [0.2, 0.25) is 0 Å². The van der Waals surface area contributed by atoms with E-state index in [1.54, 1.807) is 19.1 Å². The highest BCUT2D eigenvalue weighted by Gasteiger charge is 2.31. The zero-order valence-corrected chi connectivity index (χ0v) is 22.4. The molecule has 208 valence electrons. The highest BCUT2D eigenvalue weighted by Crippen LogP contribution is 2.40. The second-order valence-electron chi connectivity index (χ2n) is 10.1. The topological polar surface area (TPSA) is 35.5 Å². The van der Waals surface area contributed by atoms with Gasteiger partial charge in [-0.2, -0.15) is 8.78 Å². The maximum atomic E-state index is 15.2. The maximum Gasteiger partial charge on any atom is 0.314 e. The molecule has 0 spiro atoms. The van der Waals surface area contributed by atoms with Gasteiger partial charge >= 0.3 is 5.97 Å². The molecule has 0 aromatic heterocycles. The Morgan fingerprint density at radius 1 is 0.769 bits per heavy atom. The summed E-state index contributed by atoms with van der Waals surface area (Å²) >= 11 is 0. The quantitative estimate of drug-likeness (QED) is 0.111.